The number of allylic oxidation sites excluding steroid dienone is 10. The van der Waals surface area contributed by atoms with E-state index in [0.29, 0.717) is 19.3 Å². The summed E-state index contributed by atoms with van der Waals surface area (Å²) in [6.07, 6.45) is 55.1. The third-order valence-corrected chi connectivity index (χ3v) is 10.0. The smallest absolute Gasteiger partial charge is 0.306 e. The van der Waals surface area contributed by atoms with E-state index in [2.05, 4.69) is 81.5 Å². The first kappa shape index (κ1) is 54.1. The molecule has 0 saturated carbocycles. The zero-order chi connectivity index (χ0) is 41.5. The lowest BCUT2D eigenvalue weighted by Gasteiger charge is -2.18. The largest absolute Gasteiger partial charge is 0.462 e. The van der Waals surface area contributed by atoms with Crippen LogP contribution in [0.5, 0.6) is 0 Å². The lowest BCUT2D eigenvalue weighted by Crippen LogP contribution is -2.30. The van der Waals surface area contributed by atoms with Gasteiger partial charge in [0.1, 0.15) is 13.2 Å². The van der Waals surface area contributed by atoms with Gasteiger partial charge in [0.2, 0.25) is 0 Å². The maximum atomic E-state index is 12.6. The second kappa shape index (κ2) is 45.8. The van der Waals surface area contributed by atoms with Crippen LogP contribution in [-0.2, 0) is 28.6 Å². The predicted octanol–water partition coefficient (Wildman–Crippen LogP) is 15.3. The quantitative estimate of drug-likeness (QED) is 0.0265. The van der Waals surface area contributed by atoms with Crippen molar-refractivity contribution in [1.29, 1.82) is 0 Å². The van der Waals surface area contributed by atoms with E-state index in [1.54, 1.807) is 0 Å². The number of esters is 3. The molecule has 57 heavy (non-hydrogen) atoms. The topological polar surface area (TPSA) is 78.9 Å². The molecule has 328 valence electrons. The van der Waals surface area contributed by atoms with Gasteiger partial charge in [0.15, 0.2) is 6.10 Å². The molecule has 0 aliphatic rings. The third kappa shape index (κ3) is 44.1. The first-order chi connectivity index (χ1) is 28.0. The fourth-order valence-corrected chi connectivity index (χ4v) is 6.47. The summed E-state index contributed by atoms with van der Waals surface area (Å²) in [5.41, 5.74) is 0. The molecule has 0 aromatic rings. The number of carbonyl (C=O) groups is 3. The molecule has 1 unspecified atom stereocenters. The van der Waals surface area contributed by atoms with Crippen molar-refractivity contribution in [2.24, 2.45) is 0 Å². The maximum Gasteiger partial charge on any atom is 0.306 e. The van der Waals surface area contributed by atoms with Gasteiger partial charge in [-0.15, -0.1) is 0 Å². The van der Waals surface area contributed by atoms with E-state index >= 15 is 0 Å². The molecule has 0 aromatic heterocycles. The van der Waals surface area contributed by atoms with Crippen molar-refractivity contribution in [3.05, 3.63) is 60.8 Å². The van der Waals surface area contributed by atoms with Crippen molar-refractivity contribution >= 4 is 17.9 Å². The van der Waals surface area contributed by atoms with E-state index in [1.807, 2.05) is 0 Å². The minimum Gasteiger partial charge on any atom is -0.462 e. The van der Waals surface area contributed by atoms with Crippen LogP contribution in [0.4, 0.5) is 0 Å². The lowest BCUT2D eigenvalue weighted by molar-refractivity contribution is -0.167. The van der Waals surface area contributed by atoms with Gasteiger partial charge in [-0.2, -0.15) is 0 Å². The Kier molecular flexibility index (Phi) is 43.5. The molecule has 6 heteroatoms. The molecule has 0 fully saturated rings. The van der Waals surface area contributed by atoms with Crippen molar-refractivity contribution in [1.82, 2.24) is 0 Å². The van der Waals surface area contributed by atoms with Crippen LogP contribution in [0.3, 0.4) is 0 Å². The van der Waals surface area contributed by atoms with Gasteiger partial charge < -0.3 is 14.2 Å². The van der Waals surface area contributed by atoms with Gasteiger partial charge in [-0.05, 0) is 64.2 Å². The van der Waals surface area contributed by atoms with Gasteiger partial charge in [-0.25, -0.2) is 0 Å². The van der Waals surface area contributed by atoms with Crippen molar-refractivity contribution in [3.63, 3.8) is 0 Å². The molecule has 0 aliphatic carbocycles. The molecule has 0 heterocycles. The summed E-state index contributed by atoms with van der Waals surface area (Å²) < 4.78 is 16.6. The van der Waals surface area contributed by atoms with Crippen LogP contribution in [0.2, 0.25) is 0 Å². The Morgan fingerprint density at radius 3 is 1.07 bits per heavy atom. The molecular formula is C51H88O6. The van der Waals surface area contributed by atoms with E-state index in [1.165, 1.54) is 89.9 Å². The van der Waals surface area contributed by atoms with E-state index in [4.69, 9.17) is 14.2 Å². The predicted molar refractivity (Wildman–Crippen MR) is 242 cm³/mol. The highest BCUT2D eigenvalue weighted by atomic mass is 16.6. The van der Waals surface area contributed by atoms with Gasteiger partial charge in [-0.1, -0.05) is 204 Å². The molecule has 1 atom stereocenters. The fraction of sp³-hybridized carbons (Fsp3) is 0.745. The summed E-state index contributed by atoms with van der Waals surface area (Å²) in [6, 6.07) is 0. The zero-order valence-electron chi connectivity index (χ0n) is 37.3. The maximum absolute atomic E-state index is 12.6. The van der Waals surface area contributed by atoms with Crippen LogP contribution in [0.15, 0.2) is 60.8 Å². The molecule has 0 spiro atoms. The molecular weight excluding hydrogens is 709 g/mol. The summed E-state index contributed by atoms with van der Waals surface area (Å²) in [5, 5.41) is 0. The van der Waals surface area contributed by atoms with Crippen molar-refractivity contribution in [3.8, 4) is 0 Å². The highest BCUT2D eigenvalue weighted by molar-refractivity contribution is 5.71. The Bertz CT molecular complexity index is 1050. The summed E-state index contributed by atoms with van der Waals surface area (Å²) in [6.45, 7) is 6.44. The first-order valence-corrected chi connectivity index (χ1v) is 23.8. The van der Waals surface area contributed by atoms with Gasteiger partial charge in [-0.3, -0.25) is 14.4 Å². The number of hydrogen-bond acceptors (Lipinski definition) is 6. The summed E-state index contributed by atoms with van der Waals surface area (Å²) in [5.74, 6) is -0.897. The summed E-state index contributed by atoms with van der Waals surface area (Å²) in [4.78, 5) is 37.6. The van der Waals surface area contributed by atoms with E-state index < -0.39 is 6.10 Å². The molecule has 0 N–H and O–H groups in total. The Balaban J connectivity index is 4.18. The first-order valence-electron chi connectivity index (χ1n) is 23.8. The number of rotatable bonds is 42. The molecule has 0 bridgehead atoms. The molecule has 0 rings (SSSR count). The Morgan fingerprint density at radius 1 is 0.368 bits per heavy atom. The van der Waals surface area contributed by atoms with Crippen LogP contribution in [-0.4, -0.2) is 37.2 Å². The van der Waals surface area contributed by atoms with Crippen LogP contribution in [0.1, 0.15) is 226 Å². The molecule has 0 radical (unpaired) electrons. The van der Waals surface area contributed by atoms with Crippen LogP contribution in [0, 0.1) is 0 Å². The number of carbonyl (C=O) groups excluding carboxylic acids is 3. The van der Waals surface area contributed by atoms with E-state index in [9.17, 15) is 14.4 Å². The highest BCUT2D eigenvalue weighted by Crippen LogP contribution is 2.14. The SMILES string of the molecule is CC/C=C\C/C=C\C/C=C\C/C=C\C/C=C\CCCCCCCCCC(=O)OCC(COC(=O)CCCCCCCCCC)OC(=O)CCCCCCCCCC. The number of hydrogen-bond donors (Lipinski definition) is 0. The standard InChI is InChI=1S/C51H88O6/c1-4-7-10-13-16-19-20-21-22-23-24-25-26-27-28-29-30-31-32-33-36-38-41-44-50(53)56-47-48(57-51(54)45-42-39-35-18-15-12-9-6-3)46-55-49(52)43-40-37-34-17-14-11-8-5-2/h7,10,16,19,21-22,24-25,27-28,48H,4-6,8-9,11-15,17-18,20,23,26,29-47H2,1-3H3/b10-7-,19-16-,22-21-,25-24-,28-27-. The van der Waals surface area contributed by atoms with Gasteiger partial charge in [0, 0.05) is 19.3 Å². The molecule has 0 aromatic carbocycles. The van der Waals surface area contributed by atoms with Crippen LogP contribution < -0.4 is 0 Å². The minimum absolute atomic E-state index is 0.0760. The average Bonchev–Trinajstić information content (AvgIpc) is 3.21. The summed E-state index contributed by atoms with van der Waals surface area (Å²) in [7, 11) is 0. The molecule has 0 amide bonds. The van der Waals surface area contributed by atoms with E-state index in [0.717, 1.165) is 96.3 Å². The Labute approximate surface area is 351 Å². The Hall–Kier alpha value is -2.89. The molecule has 6 nitrogen and oxygen atoms in total. The third-order valence-electron chi connectivity index (χ3n) is 10.0. The highest BCUT2D eigenvalue weighted by Gasteiger charge is 2.19. The zero-order valence-corrected chi connectivity index (χ0v) is 37.3. The fourth-order valence-electron chi connectivity index (χ4n) is 6.47. The number of ether oxygens (including phenoxy) is 3. The van der Waals surface area contributed by atoms with Gasteiger partial charge in [0.25, 0.3) is 0 Å². The molecule has 0 saturated heterocycles. The number of unbranched alkanes of at least 4 members (excludes halogenated alkanes) is 21. The second-order valence-corrected chi connectivity index (χ2v) is 15.6. The lowest BCUT2D eigenvalue weighted by atomic mass is 10.1. The normalized spacial score (nSPS) is 12.5. The monoisotopic (exact) mass is 797 g/mol. The molecule has 0 aliphatic heterocycles. The average molecular weight is 797 g/mol. The van der Waals surface area contributed by atoms with Crippen molar-refractivity contribution in [2.45, 2.75) is 232 Å². The van der Waals surface area contributed by atoms with E-state index in [-0.39, 0.29) is 31.1 Å². The van der Waals surface area contributed by atoms with Crippen LogP contribution in [0.25, 0.3) is 0 Å². The van der Waals surface area contributed by atoms with Crippen LogP contribution >= 0.6 is 0 Å². The summed E-state index contributed by atoms with van der Waals surface area (Å²) >= 11 is 0. The Morgan fingerprint density at radius 2 is 0.684 bits per heavy atom. The van der Waals surface area contributed by atoms with Gasteiger partial charge in [0.05, 0.1) is 0 Å². The second-order valence-electron chi connectivity index (χ2n) is 15.6. The minimum atomic E-state index is -0.771. The van der Waals surface area contributed by atoms with Crippen molar-refractivity contribution < 1.29 is 28.6 Å². The van der Waals surface area contributed by atoms with Crippen molar-refractivity contribution in [2.75, 3.05) is 13.2 Å². The van der Waals surface area contributed by atoms with Gasteiger partial charge >= 0.3 is 17.9 Å².